The number of rotatable bonds is 9. The lowest BCUT2D eigenvalue weighted by Crippen LogP contribution is -2.25. The Balaban J connectivity index is 3.05. The van der Waals surface area contributed by atoms with Gasteiger partial charge in [0, 0.05) is 19.0 Å². The fourth-order valence-corrected chi connectivity index (χ4v) is 1.77. The second kappa shape index (κ2) is 8.60. The number of carbonyl (C=O) groups excluding carboxylic acids is 1. The lowest BCUT2D eigenvalue weighted by molar-refractivity contribution is -0.385. The van der Waals surface area contributed by atoms with Gasteiger partial charge in [-0.05, 0) is 6.42 Å². The normalized spacial score (nSPS) is 10.3. The number of nitrogens with zero attached hydrogens (tertiary/aromatic N) is 1. The van der Waals surface area contributed by atoms with Crippen LogP contribution in [0.3, 0.4) is 0 Å². The molecule has 1 aromatic carbocycles. The minimum Gasteiger partial charge on any atom is -0.493 e. The van der Waals surface area contributed by atoms with Crippen LogP contribution in [0.5, 0.6) is 11.5 Å². The van der Waals surface area contributed by atoms with E-state index in [-0.39, 0.29) is 25.1 Å². The van der Waals surface area contributed by atoms with Gasteiger partial charge in [-0.15, -0.1) is 0 Å². The molecule has 0 aliphatic rings. The van der Waals surface area contributed by atoms with E-state index in [1.165, 1.54) is 0 Å². The Hall–Kier alpha value is -2.98. The van der Waals surface area contributed by atoms with E-state index < -0.39 is 40.4 Å². The number of nitro benzene ring substituents is 1. The molecule has 0 unspecified atom stereocenters. The maximum atomic E-state index is 12.3. The number of carboxylic acids is 1. The predicted molar refractivity (Wildman–Crippen MR) is 75.5 cm³/mol. The van der Waals surface area contributed by atoms with Gasteiger partial charge in [-0.1, -0.05) is 0 Å². The number of ether oxygens (including phenoxy) is 2. The molecule has 0 saturated carbocycles. The van der Waals surface area contributed by atoms with Crippen molar-refractivity contribution in [1.82, 2.24) is 5.32 Å². The summed E-state index contributed by atoms with van der Waals surface area (Å²) in [4.78, 5) is 32.5. The lowest BCUT2D eigenvalue weighted by atomic mass is 10.1. The summed E-state index contributed by atoms with van der Waals surface area (Å²) < 4.78 is 33.6. The number of nitro groups is 1. The predicted octanol–water partition coefficient (Wildman–Crippen LogP) is 1.80. The largest absolute Gasteiger partial charge is 0.493 e. The number of hydrogen-bond donors (Lipinski definition) is 2. The summed E-state index contributed by atoms with van der Waals surface area (Å²) in [5, 5.41) is 21.8. The Bertz CT molecular complexity index is 637. The molecule has 24 heavy (non-hydrogen) atoms. The van der Waals surface area contributed by atoms with Crippen LogP contribution in [-0.2, 0) is 4.79 Å². The van der Waals surface area contributed by atoms with Crippen molar-refractivity contribution in [2.45, 2.75) is 19.5 Å². The number of methoxy groups -OCH3 is 1. The number of halogens is 2. The number of benzene rings is 1. The molecule has 1 aromatic rings. The summed E-state index contributed by atoms with van der Waals surface area (Å²) in [5.74, 6) is -2.78. The minimum absolute atomic E-state index is 0.0279. The van der Waals surface area contributed by atoms with Crippen molar-refractivity contribution >= 4 is 17.6 Å². The molecular formula is C13H14F2N2O7. The fraction of sp³-hybridized carbons (Fsp3) is 0.385. The van der Waals surface area contributed by atoms with Gasteiger partial charge in [-0.3, -0.25) is 19.7 Å². The Labute approximate surface area is 134 Å². The average Bonchev–Trinajstić information content (AvgIpc) is 2.50. The van der Waals surface area contributed by atoms with Crippen LogP contribution in [0.4, 0.5) is 14.5 Å². The van der Waals surface area contributed by atoms with Gasteiger partial charge in [-0.25, -0.2) is 0 Å². The van der Waals surface area contributed by atoms with Gasteiger partial charge in [0.05, 0.1) is 18.1 Å². The van der Waals surface area contributed by atoms with E-state index in [4.69, 9.17) is 9.84 Å². The highest BCUT2D eigenvalue weighted by atomic mass is 19.3. The molecule has 0 bridgehead atoms. The van der Waals surface area contributed by atoms with Crippen LogP contribution in [0.15, 0.2) is 12.1 Å². The Morgan fingerprint density at radius 2 is 2.04 bits per heavy atom. The molecule has 9 nitrogen and oxygen atoms in total. The number of amides is 1. The molecule has 0 saturated heterocycles. The van der Waals surface area contributed by atoms with Crippen LogP contribution < -0.4 is 14.8 Å². The lowest BCUT2D eigenvalue weighted by Gasteiger charge is -2.12. The number of hydrogen-bond acceptors (Lipinski definition) is 6. The summed E-state index contributed by atoms with van der Waals surface area (Å²) in [7, 11) is 1.12. The van der Waals surface area contributed by atoms with Crippen LogP contribution in [0.2, 0.25) is 0 Å². The first-order valence-electron chi connectivity index (χ1n) is 6.57. The molecule has 0 heterocycles. The summed E-state index contributed by atoms with van der Waals surface area (Å²) in [6, 6.07) is 1.57. The number of aliphatic carboxylic acids is 1. The zero-order chi connectivity index (χ0) is 18.3. The van der Waals surface area contributed by atoms with Crippen LogP contribution in [0, 0.1) is 10.1 Å². The van der Waals surface area contributed by atoms with E-state index >= 15 is 0 Å². The maximum Gasteiger partial charge on any atom is 0.387 e. The van der Waals surface area contributed by atoms with E-state index in [9.17, 15) is 28.5 Å². The third-order valence-corrected chi connectivity index (χ3v) is 2.79. The zero-order valence-corrected chi connectivity index (χ0v) is 12.5. The molecule has 2 N–H and O–H groups in total. The summed E-state index contributed by atoms with van der Waals surface area (Å²) >= 11 is 0. The van der Waals surface area contributed by atoms with Crippen LogP contribution in [0.25, 0.3) is 0 Å². The molecule has 0 aliphatic carbocycles. The van der Waals surface area contributed by atoms with Crippen molar-refractivity contribution in [3.05, 3.63) is 27.8 Å². The number of nitrogens with one attached hydrogen (secondary N) is 1. The molecule has 11 heteroatoms. The van der Waals surface area contributed by atoms with Crippen molar-refractivity contribution in [2.75, 3.05) is 13.7 Å². The van der Waals surface area contributed by atoms with E-state index in [1.807, 2.05) is 0 Å². The Morgan fingerprint density at radius 1 is 1.38 bits per heavy atom. The summed E-state index contributed by atoms with van der Waals surface area (Å²) in [5.41, 5.74) is -1.17. The van der Waals surface area contributed by atoms with Gasteiger partial charge in [0.1, 0.15) is 5.56 Å². The highest BCUT2D eigenvalue weighted by Gasteiger charge is 2.25. The third kappa shape index (κ3) is 5.34. The van der Waals surface area contributed by atoms with E-state index in [0.717, 1.165) is 13.2 Å². The van der Waals surface area contributed by atoms with Crippen molar-refractivity contribution in [2.24, 2.45) is 0 Å². The quantitative estimate of drug-likeness (QED) is 0.395. The Morgan fingerprint density at radius 3 is 2.54 bits per heavy atom. The van der Waals surface area contributed by atoms with Crippen LogP contribution in [-0.4, -0.2) is 42.2 Å². The number of alkyl halides is 2. The highest BCUT2D eigenvalue weighted by Crippen LogP contribution is 2.35. The van der Waals surface area contributed by atoms with Crippen LogP contribution >= 0.6 is 0 Å². The smallest absolute Gasteiger partial charge is 0.387 e. The summed E-state index contributed by atoms with van der Waals surface area (Å²) in [6.45, 7) is -3.26. The fourth-order valence-electron chi connectivity index (χ4n) is 1.77. The zero-order valence-electron chi connectivity index (χ0n) is 12.5. The molecule has 0 aromatic heterocycles. The van der Waals surface area contributed by atoms with Crippen molar-refractivity contribution in [3.63, 3.8) is 0 Å². The molecule has 0 spiro atoms. The first-order valence-corrected chi connectivity index (χ1v) is 6.57. The van der Waals surface area contributed by atoms with Crippen molar-refractivity contribution < 1.29 is 37.9 Å². The Kier molecular flexibility index (Phi) is 6.83. The van der Waals surface area contributed by atoms with Gasteiger partial charge in [0.25, 0.3) is 11.6 Å². The first-order chi connectivity index (χ1) is 11.3. The number of carboxylic acid groups (broad SMARTS) is 1. The molecule has 1 rings (SSSR count). The molecule has 132 valence electrons. The highest BCUT2D eigenvalue weighted by molar-refractivity contribution is 5.99. The van der Waals surface area contributed by atoms with E-state index in [0.29, 0.717) is 6.07 Å². The van der Waals surface area contributed by atoms with Gasteiger partial charge in [0.15, 0.2) is 11.5 Å². The standard InChI is InChI=1S/C13H14F2N2O7/c1-23-9-5-7(12(20)16-4-2-3-11(18)19)8(17(21)22)6-10(9)24-13(14)15/h5-6,13H,2-4H2,1H3,(H,16,20)(H,18,19). The minimum atomic E-state index is -3.23. The topological polar surface area (TPSA) is 128 Å². The molecule has 0 fully saturated rings. The second-order valence-corrected chi connectivity index (χ2v) is 4.41. The van der Waals surface area contributed by atoms with E-state index in [2.05, 4.69) is 10.1 Å². The molecule has 0 aliphatic heterocycles. The summed E-state index contributed by atoms with van der Waals surface area (Å²) in [6.07, 6.45) is -0.0640. The third-order valence-electron chi connectivity index (χ3n) is 2.79. The SMILES string of the molecule is COc1cc(C(=O)NCCCC(=O)O)c([N+](=O)[O-])cc1OC(F)F. The second-order valence-electron chi connectivity index (χ2n) is 4.41. The van der Waals surface area contributed by atoms with Crippen molar-refractivity contribution in [3.8, 4) is 11.5 Å². The maximum absolute atomic E-state index is 12.3. The first kappa shape index (κ1) is 19.1. The molecular weight excluding hydrogens is 334 g/mol. The van der Waals surface area contributed by atoms with Gasteiger partial charge in [-0.2, -0.15) is 8.78 Å². The monoisotopic (exact) mass is 348 g/mol. The molecule has 0 radical (unpaired) electrons. The molecule has 1 amide bonds. The van der Waals surface area contributed by atoms with Crippen molar-refractivity contribution in [1.29, 1.82) is 0 Å². The van der Waals surface area contributed by atoms with Gasteiger partial charge >= 0.3 is 12.6 Å². The van der Waals surface area contributed by atoms with Gasteiger partial charge < -0.3 is 19.9 Å². The van der Waals surface area contributed by atoms with Gasteiger partial charge in [0.2, 0.25) is 0 Å². The van der Waals surface area contributed by atoms with Crippen LogP contribution in [0.1, 0.15) is 23.2 Å². The van der Waals surface area contributed by atoms with E-state index in [1.54, 1.807) is 0 Å². The average molecular weight is 348 g/mol. The molecule has 0 atom stereocenters. The number of carbonyl (C=O) groups is 2.